The molecule has 0 aromatic carbocycles. The fourth-order valence-electron chi connectivity index (χ4n) is 1.31. The minimum Gasteiger partial charge on any atom is -0.507 e. The summed E-state index contributed by atoms with van der Waals surface area (Å²) in [6.45, 7) is 4.90. The zero-order valence-electron chi connectivity index (χ0n) is 10.9. The molecule has 0 amide bonds. The second-order valence-electron chi connectivity index (χ2n) is 4.09. The Morgan fingerprint density at radius 1 is 1.39 bits per heavy atom. The predicted octanol–water partition coefficient (Wildman–Crippen LogP) is 1.47. The molecule has 0 fully saturated rings. The van der Waals surface area contributed by atoms with Crippen LogP contribution in [0.4, 0.5) is 0 Å². The Morgan fingerprint density at radius 2 is 1.94 bits per heavy atom. The Morgan fingerprint density at radius 3 is 2.28 bits per heavy atom. The van der Waals surface area contributed by atoms with E-state index in [1.54, 1.807) is 6.07 Å². The van der Waals surface area contributed by atoms with Gasteiger partial charge in [0, 0.05) is 6.92 Å². The molecule has 1 N–H and O–H groups in total. The molecule has 1 atom stereocenters. The van der Waals surface area contributed by atoms with Crippen molar-refractivity contribution in [2.45, 2.75) is 33.3 Å². The smallest absolute Gasteiger partial charge is 0.352 e. The highest BCUT2D eigenvalue weighted by molar-refractivity contribution is 5.93. The zero-order chi connectivity index (χ0) is 14.3. The first-order valence-electron chi connectivity index (χ1n) is 5.42. The number of ether oxygens (including phenoxy) is 2. The molecule has 0 aliphatic rings. The van der Waals surface area contributed by atoms with E-state index in [4.69, 9.17) is 10.00 Å². The second kappa shape index (κ2) is 7.33. The zero-order valence-corrected chi connectivity index (χ0v) is 10.9. The topological polar surface area (TPSA) is 96.6 Å². The summed E-state index contributed by atoms with van der Waals surface area (Å²) >= 11 is 0. The van der Waals surface area contributed by atoms with Crippen LogP contribution in [-0.2, 0) is 19.1 Å². The summed E-state index contributed by atoms with van der Waals surface area (Å²) in [6.07, 6.45) is -0.718. The number of esters is 2. The highest BCUT2D eigenvalue weighted by Crippen LogP contribution is 2.18. The third kappa shape index (κ3) is 4.87. The molecule has 0 aromatic heterocycles. The van der Waals surface area contributed by atoms with Gasteiger partial charge in [-0.1, -0.05) is 13.8 Å². The van der Waals surface area contributed by atoms with Gasteiger partial charge in [0.15, 0.2) is 17.4 Å². The van der Waals surface area contributed by atoms with Crippen molar-refractivity contribution >= 4 is 11.9 Å². The third-order valence-corrected chi connectivity index (χ3v) is 2.06. The van der Waals surface area contributed by atoms with E-state index in [9.17, 15) is 14.7 Å². The maximum absolute atomic E-state index is 11.3. The van der Waals surface area contributed by atoms with Crippen molar-refractivity contribution in [2.24, 2.45) is 5.92 Å². The van der Waals surface area contributed by atoms with Crippen molar-refractivity contribution in [3.63, 3.8) is 0 Å². The summed E-state index contributed by atoms with van der Waals surface area (Å²) in [4.78, 5) is 22.2. The van der Waals surface area contributed by atoms with Crippen molar-refractivity contribution in [3.8, 4) is 6.07 Å². The number of nitrogens with zero attached hydrogens (tertiary/aromatic N) is 1. The minimum atomic E-state index is -1.02. The summed E-state index contributed by atoms with van der Waals surface area (Å²) in [6, 6.07) is 1.54. The molecular weight excluding hydrogens is 238 g/mol. The van der Waals surface area contributed by atoms with Crippen molar-refractivity contribution in [1.82, 2.24) is 0 Å². The van der Waals surface area contributed by atoms with Gasteiger partial charge in [0.25, 0.3) is 0 Å². The van der Waals surface area contributed by atoms with Gasteiger partial charge in [-0.05, 0) is 12.3 Å². The molecule has 0 saturated carbocycles. The monoisotopic (exact) mass is 255 g/mol. The fourth-order valence-corrected chi connectivity index (χ4v) is 1.31. The summed E-state index contributed by atoms with van der Waals surface area (Å²) in [5, 5.41) is 18.7. The lowest BCUT2D eigenvalue weighted by molar-refractivity contribution is -0.147. The van der Waals surface area contributed by atoms with E-state index < -0.39 is 29.4 Å². The molecule has 6 heteroatoms. The number of hydrogen-bond acceptors (Lipinski definition) is 6. The average molecular weight is 255 g/mol. The maximum Gasteiger partial charge on any atom is 0.352 e. The first-order chi connectivity index (χ1) is 8.33. The normalized spacial score (nSPS) is 13.3. The van der Waals surface area contributed by atoms with Crippen molar-refractivity contribution < 1.29 is 24.2 Å². The number of hydrogen-bond donors (Lipinski definition) is 1. The van der Waals surface area contributed by atoms with E-state index in [0.29, 0.717) is 6.42 Å². The van der Waals surface area contributed by atoms with Crippen LogP contribution in [0.3, 0.4) is 0 Å². The molecule has 0 aliphatic heterocycles. The van der Waals surface area contributed by atoms with Gasteiger partial charge in [0.1, 0.15) is 6.07 Å². The number of aliphatic hydroxyl groups excluding tert-OH is 1. The van der Waals surface area contributed by atoms with Gasteiger partial charge < -0.3 is 14.6 Å². The van der Waals surface area contributed by atoms with Crippen LogP contribution < -0.4 is 0 Å². The molecule has 0 saturated heterocycles. The molecule has 0 heterocycles. The highest BCUT2D eigenvalue weighted by Gasteiger charge is 2.26. The van der Waals surface area contributed by atoms with E-state index >= 15 is 0 Å². The van der Waals surface area contributed by atoms with Gasteiger partial charge in [-0.15, -0.1) is 0 Å². The molecule has 0 bridgehead atoms. The predicted molar refractivity (Wildman–Crippen MR) is 62.3 cm³/mol. The number of carbonyl (C=O) groups is 2. The lowest BCUT2D eigenvalue weighted by Crippen LogP contribution is -2.24. The van der Waals surface area contributed by atoms with Gasteiger partial charge in [0.05, 0.1) is 7.11 Å². The first kappa shape index (κ1) is 16.0. The van der Waals surface area contributed by atoms with E-state index in [0.717, 1.165) is 7.11 Å². The van der Waals surface area contributed by atoms with E-state index in [2.05, 4.69) is 4.74 Å². The van der Waals surface area contributed by atoms with Gasteiger partial charge in [-0.3, -0.25) is 4.79 Å². The number of nitriles is 1. The number of methoxy groups -OCH3 is 1. The summed E-state index contributed by atoms with van der Waals surface area (Å²) in [5.74, 6) is -2.03. The van der Waals surface area contributed by atoms with Crippen LogP contribution in [0.1, 0.15) is 27.2 Å². The van der Waals surface area contributed by atoms with Gasteiger partial charge in [-0.2, -0.15) is 5.26 Å². The second-order valence-corrected chi connectivity index (χ2v) is 4.09. The Bertz CT molecular complexity index is 392. The van der Waals surface area contributed by atoms with Crippen LogP contribution in [0.15, 0.2) is 11.3 Å². The van der Waals surface area contributed by atoms with E-state index in [1.165, 1.54) is 6.92 Å². The Balaban J connectivity index is 5.31. The molecule has 6 nitrogen and oxygen atoms in total. The number of aliphatic hydroxyl groups is 1. The first-order valence-corrected chi connectivity index (χ1v) is 5.42. The van der Waals surface area contributed by atoms with Gasteiger partial charge in [-0.25, -0.2) is 4.79 Å². The Labute approximate surface area is 106 Å². The molecule has 0 aliphatic carbocycles. The largest absolute Gasteiger partial charge is 0.507 e. The molecule has 1 unspecified atom stereocenters. The van der Waals surface area contributed by atoms with Crippen molar-refractivity contribution in [3.05, 3.63) is 11.3 Å². The fraction of sp³-hybridized carbons (Fsp3) is 0.583. The molecule has 0 radical (unpaired) electrons. The van der Waals surface area contributed by atoms with E-state index in [1.807, 2.05) is 13.8 Å². The standard InChI is InChI=1S/C12H17NO5/c1-7(2)5-10(18-8(3)14)11(15)9(6-13)12(16)17-4/h7,10,15H,5H2,1-4H3/b11-9+. The van der Waals surface area contributed by atoms with Gasteiger partial charge >= 0.3 is 11.9 Å². The Kier molecular flexibility index (Phi) is 6.50. The molecule has 0 spiro atoms. The van der Waals surface area contributed by atoms with Crippen LogP contribution in [0.25, 0.3) is 0 Å². The van der Waals surface area contributed by atoms with Crippen LogP contribution in [0.5, 0.6) is 0 Å². The van der Waals surface area contributed by atoms with Crippen LogP contribution >= 0.6 is 0 Å². The summed E-state index contributed by atoms with van der Waals surface area (Å²) in [7, 11) is 1.09. The molecule has 18 heavy (non-hydrogen) atoms. The number of carbonyl (C=O) groups excluding carboxylic acids is 2. The molecular formula is C12H17NO5. The molecule has 0 aromatic rings. The summed E-state index contributed by atoms with van der Waals surface area (Å²) < 4.78 is 9.26. The van der Waals surface area contributed by atoms with Crippen LogP contribution in [0, 0.1) is 17.2 Å². The van der Waals surface area contributed by atoms with Crippen molar-refractivity contribution in [2.75, 3.05) is 7.11 Å². The minimum absolute atomic E-state index is 0.106. The van der Waals surface area contributed by atoms with Crippen LogP contribution in [-0.4, -0.2) is 30.3 Å². The van der Waals surface area contributed by atoms with Crippen molar-refractivity contribution in [1.29, 1.82) is 5.26 Å². The lowest BCUT2D eigenvalue weighted by Gasteiger charge is -2.18. The lowest BCUT2D eigenvalue weighted by atomic mass is 10.0. The van der Waals surface area contributed by atoms with Gasteiger partial charge in [0.2, 0.25) is 0 Å². The third-order valence-electron chi connectivity index (χ3n) is 2.06. The SMILES string of the molecule is COC(=O)/C(C#N)=C(/O)C(CC(C)C)OC(C)=O. The average Bonchev–Trinajstić information content (AvgIpc) is 2.27. The van der Waals surface area contributed by atoms with E-state index in [-0.39, 0.29) is 5.92 Å². The highest BCUT2D eigenvalue weighted by atomic mass is 16.6. The van der Waals surface area contributed by atoms with Crippen LogP contribution in [0.2, 0.25) is 0 Å². The molecule has 0 rings (SSSR count). The Hall–Kier alpha value is -2.03. The molecule has 100 valence electrons. The number of rotatable bonds is 5. The maximum atomic E-state index is 11.3. The summed E-state index contributed by atoms with van der Waals surface area (Å²) in [5.41, 5.74) is -0.551. The quantitative estimate of drug-likeness (QED) is 0.346.